The zero-order chi connectivity index (χ0) is 22.4. The van der Waals surface area contributed by atoms with E-state index >= 15 is 0 Å². The number of amides is 2. The number of hydrogen-bond acceptors (Lipinski definition) is 7. The van der Waals surface area contributed by atoms with Crippen molar-refractivity contribution in [2.75, 3.05) is 11.5 Å². The molecule has 29 heavy (non-hydrogen) atoms. The van der Waals surface area contributed by atoms with Gasteiger partial charge in [-0.1, -0.05) is 12.2 Å². The number of nitrogens with one attached hydrogen (secondary N) is 2. The van der Waals surface area contributed by atoms with Crippen molar-refractivity contribution in [2.45, 2.75) is 44.8 Å². The molecule has 0 aliphatic carbocycles. The highest BCUT2D eigenvalue weighted by atomic mass is 32.2. The molecule has 0 heterocycles. The van der Waals surface area contributed by atoms with Gasteiger partial charge in [0.05, 0.1) is 5.75 Å². The number of aliphatic carboxylic acids is 2. The predicted octanol–water partition coefficient (Wildman–Crippen LogP) is -0.218. The molecule has 0 rings (SSSR count). The molecule has 1 unspecified atom stereocenters. The molecule has 0 saturated heterocycles. The number of carboxylic acids is 2. The lowest BCUT2D eigenvalue weighted by atomic mass is 10.1. The largest absolute Gasteiger partial charge is 0.480 e. The Morgan fingerprint density at radius 2 is 1.72 bits per heavy atom. The van der Waals surface area contributed by atoms with Crippen molar-refractivity contribution in [1.29, 1.82) is 0 Å². The lowest BCUT2D eigenvalue weighted by Gasteiger charge is -2.21. The van der Waals surface area contributed by atoms with Crippen LogP contribution in [0.5, 0.6) is 0 Å². The molecule has 10 nitrogen and oxygen atoms in total. The Bertz CT molecular complexity index is 667. The number of carboxylic acid groups (broad SMARTS) is 2. The fourth-order valence-electron chi connectivity index (χ4n) is 1.93. The molecule has 0 saturated carbocycles. The summed E-state index contributed by atoms with van der Waals surface area (Å²) in [6, 6.07) is -3.67. The van der Waals surface area contributed by atoms with Crippen LogP contribution in [-0.4, -0.2) is 67.8 Å². The molecule has 4 atom stereocenters. The average molecular weight is 450 g/mol. The summed E-state index contributed by atoms with van der Waals surface area (Å²) in [6.07, 6.45) is 2.92. The Balaban J connectivity index is 5.08. The third-order valence-electron chi connectivity index (χ3n) is 3.38. The molecule has 0 aromatic rings. The van der Waals surface area contributed by atoms with E-state index in [9.17, 15) is 28.5 Å². The summed E-state index contributed by atoms with van der Waals surface area (Å²) in [7, 11) is -1.58. The van der Waals surface area contributed by atoms with Crippen molar-refractivity contribution in [3.8, 4) is 0 Å². The molecule has 164 valence electrons. The fraction of sp³-hybridized carbons (Fsp3) is 0.529. The maximum absolute atomic E-state index is 12.5. The van der Waals surface area contributed by atoms with Crippen LogP contribution in [-0.2, 0) is 30.0 Å². The first-order chi connectivity index (χ1) is 13.6. The van der Waals surface area contributed by atoms with E-state index in [-0.39, 0.29) is 24.3 Å². The minimum atomic E-state index is -1.58. The molecule has 0 aliphatic rings. The molecule has 0 radical (unpaired) electrons. The van der Waals surface area contributed by atoms with Gasteiger partial charge in [-0.25, -0.2) is 4.79 Å². The minimum absolute atomic E-state index is 0.113. The van der Waals surface area contributed by atoms with Crippen LogP contribution in [0.4, 0.5) is 0 Å². The van der Waals surface area contributed by atoms with E-state index in [2.05, 4.69) is 10.6 Å². The first kappa shape index (κ1) is 26.8. The molecular formula is C17H27N3O7S2. The summed E-state index contributed by atoms with van der Waals surface area (Å²) in [5, 5.41) is 25.8. The Hall–Kier alpha value is -2.18. The van der Waals surface area contributed by atoms with Crippen LogP contribution in [0.2, 0.25) is 0 Å². The van der Waals surface area contributed by atoms with Gasteiger partial charge in [-0.15, -0.1) is 11.8 Å². The van der Waals surface area contributed by atoms with E-state index in [1.807, 2.05) is 0 Å². The summed E-state index contributed by atoms with van der Waals surface area (Å²) < 4.78 is 11.8. The topological polar surface area (TPSA) is 176 Å². The van der Waals surface area contributed by atoms with Crippen LogP contribution in [0, 0.1) is 0 Å². The zero-order valence-electron chi connectivity index (χ0n) is 16.2. The van der Waals surface area contributed by atoms with E-state index < -0.39 is 52.7 Å². The minimum Gasteiger partial charge on any atom is -0.480 e. The van der Waals surface area contributed by atoms with Gasteiger partial charge < -0.3 is 26.6 Å². The van der Waals surface area contributed by atoms with Gasteiger partial charge in [-0.05, 0) is 31.1 Å². The van der Waals surface area contributed by atoms with Gasteiger partial charge in [0.1, 0.15) is 18.1 Å². The zero-order valence-corrected chi connectivity index (χ0v) is 17.8. The molecule has 0 bridgehead atoms. The van der Waals surface area contributed by atoms with Crippen molar-refractivity contribution >= 4 is 46.3 Å². The number of carbonyl (C=O) groups is 4. The van der Waals surface area contributed by atoms with Gasteiger partial charge in [-0.3, -0.25) is 18.6 Å². The predicted molar refractivity (Wildman–Crippen MR) is 111 cm³/mol. The number of nitrogens with two attached hydrogens (primary N) is 1. The SMILES string of the molecule is C/C=C/SC[C@H](NC(=O)CC[C@H](N)C(=O)O)C(=O)N[C@@H](CS(=O)/C=C/C)C(=O)O. The summed E-state index contributed by atoms with van der Waals surface area (Å²) in [5.41, 5.74) is 5.35. The monoisotopic (exact) mass is 449 g/mol. The number of allylic oxidation sites excluding steroid dienone is 2. The standard InChI is InChI=1S/C17H27N3O7S2/c1-3-7-28-9-12(19-14(21)6-5-11(18)16(23)24)15(22)20-13(17(25)26)10-29(27)8-4-2/h3-4,7-8,11-13H,5-6,9-10,18H2,1-2H3,(H,19,21)(H,20,22)(H,23,24)(H,25,26)/b7-3+,8-4+/t11-,12-,13-,29?/m0/s1. The summed E-state index contributed by atoms with van der Waals surface area (Å²) in [4.78, 5) is 46.7. The Kier molecular flexibility index (Phi) is 13.7. The second-order valence-electron chi connectivity index (χ2n) is 5.82. The highest BCUT2D eigenvalue weighted by molar-refractivity contribution is 8.02. The van der Waals surface area contributed by atoms with E-state index in [1.54, 1.807) is 25.3 Å². The van der Waals surface area contributed by atoms with Gasteiger partial charge in [0.15, 0.2) is 0 Å². The fourth-order valence-corrected chi connectivity index (χ4v) is 3.63. The Labute approximate surface area is 175 Å². The molecule has 6 N–H and O–H groups in total. The normalized spacial score (nSPS) is 15.6. The van der Waals surface area contributed by atoms with Crippen LogP contribution in [0.15, 0.2) is 23.0 Å². The first-order valence-corrected chi connectivity index (χ1v) is 11.1. The second-order valence-corrected chi connectivity index (χ2v) is 8.13. The molecule has 0 spiro atoms. The summed E-state index contributed by atoms with van der Waals surface area (Å²) >= 11 is 1.22. The Morgan fingerprint density at radius 1 is 1.07 bits per heavy atom. The van der Waals surface area contributed by atoms with Gasteiger partial charge in [0.25, 0.3) is 0 Å². The van der Waals surface area contributed by atoms with Gasteiger partial charge in [0.2, 0.25) is 11.8 Å². The highest BCUT2D eigenvalue weighted by Gasteiger charge is 2.27. The molecular weight excluding hydrogens is 422 g/mol. The van der Waals surface area contributed by atoms with E-state index in [0.29, 0.717) is 0 Å². The van der Waals surface area contributed by atoms with Crippen LogP contribution in [0.1, 0.15) is 26.7 Å². The Morgan fingerprint density at radius 3 is 2.24 bits per heavy atom. The highest BCUT2D eigenvalue weighted by Crippen LogP contribution is 2.07. The maximum atomic E-state index is 12.5. The van der Waals surface area contributed by atoms with Crippen molar-refractivity contribution < 1.29 is 33.6 Å². The third kappa shape index (κ3) is 12.1. The number of carbonyl (C=O) groups excluding carboxylic acids is 2. The third-order valence-corrected chi connectivity index (χ3v) is 5.61. The van der Waals surface area contributed by atoms with E-state index in [0.717, 1.165) is 0 Å². The molecule has 12 heteroatoms. The van der Waals surface area contributed by atoms with E-state index in [1.165, 1.54) is 23.2 Å². The number of rotatable bonds is 14. The van der Waals surface area contributed by atoms with Crippen molar-refractivity contribution in [3.05, 3.63) is 23.0 Å². The van der Waals surface area contributed by atoms with Crippen molar-refractivity contribution in [2.24, 2.45) is 5.73 Å². The van der Waals surface area contributed by atoms with Gasteiger partial charge in [0, 0.05) is 23.0 Å². The average Bonchev–Trinajstić information content (AvgIpc) is 2.64. The van der Waals surface area contributed by atoms with Crippen LogP contribution in [0.3, 0.4) is 0 Å². The summed E-state index contributed by atoms with van der Waals surface area (Å²) in [6.45, 7) is 3.40. The van der Waals surface area contributed by atoms with Crippen LogP contribution < -0.4 is 16.4 Å². The number of thioether (sulfide) groups is 1. The van der Waals surface area contributed by atoms with Crippen molar-refractivity contribution in [3.63, 3.8) is 0 Å². The number of hydrogen-bond donors (Lipinski definition) is 5. The smallest absolute Gasteiger partial charge is 0.327 e. The van der Waals surface area contributed by atoms with E-state index in [4.69, 9.17) is 10.8 Å². The molecule has 0 aromatic heterocycles. The quantitative estimate of drug-likeness (QED) is 0.240. The second kappa shape index (κ2) is 14.8. The molecule has 2 amide bonds. The van der Waals surface area contributed by atoms with Crippen LogP contribution in [0.25, 0.3) is 0 Å². The molecule has 0 aliphatic heterocycles. The van der Waals surface area contributed by atoms with Crippen molar-refractivity contribution in [1.82, 2.24) is 10.6 Å². The molecule has 0 aromatic carbocycles. The first-order valence-electron chi connectivity index (χ1n) is 8.66. The summed E-state index contributed by atoms with van der Waals surface area (Å²) in [5.74, 6) is -4.13. The maximum Gasteiger partial charge on any atom is 0.327 e. The lowest BCUT2D eigenvalue weighted by molar-refractivity contribution is -0.141. The lowest BCUT2D eigenvalue weighted by Crippen LogP contribution is -2.54. The molecule has 0 fully saturated rings. The van der Waals surface area contributed by atoms with Gasteiger partial charge >= 0.3 is 11.9 Å². The van der Waals surface area contributed by atoms with Crippen LogP contribution >= 0.6 is 11.8 Å². The van der Waals surface area contributed by atoms with Gasteiger partial charge in [-0.2, -0.15) is 0 Å².